The van der Waals surface area contributed by atoms with Crippen molar-refractivity contribution in [1.82, 2.24) is 24.7 Å². The SMILES string of the molecule is Cc1ccc2nnc(C3CCN(C(=O)c4cc(C)oc4C)CC3)n2n1. The zero-order valence-electron chi connectivity index (χ0n) is 14.7. The summed E-state index contributed by atoms with van der Waals surface area (Å²) >= 11 is 0. The molecule has 0 radical (unpaired) electrons. The maximum atomic E-state index is 12.7. The number of carbonyl (C=O) groups excluding carboxylic acids is 1. The predicted octanol–water partition coefficient (Wildman–Crippen LogP) is 2.66. The number of rotatable bonds is 2. The molecule has 1 aliphatic heterocycles. The standard InChI is InChI=1S/C18H21N5O2/c1-11-4-5-16-19-20-17(23(16)21-11)14-6-8-22(9-7-14)18(24)15-10-12(2)25-13(15)3/h4-5,10,14H,6-9H2,1-3H3. The van der Waals surface area contributed by atoms with Crippen molar-refractivity contribution in [1.29, 1.82) is 0 Å². The van der Waals surface area contributed by atoms with Crippen LogP contribution in [-0.4, -0.2) is 43.7 Å². The third kappa shape index (κ3) is 2.79. The second kappa shape index (κ2) is 5.98. The van der Waals surface area contributed by atoms with Crippen LogP contribution >= 0.6 is 0 Å². The van der Waals surface area contributed by atoms with Gasteiger partial charge in [0.15, 0.2) is 11.5 Å². The first-order valence-corrected chi connectivity index (χ1v) is 8.58. The van der Waals surface area contributed by atoms with Gasteiger partial charge < -0.3 is 9.32 Å². The molecule has 0 N–H and O–H groups in total. The average molecular weight is 339 g/mol. The van der Waals surface area contributed by atoms with Crippen molar-refractivity contribution in [2.24, 2.45) is 0 Å². The van der Waals surface area contributed by atoms with E-state index in [0.717, 1.165) is 35.8 Å². The number of piperidine rings is 1. The zero-order chi connectivity index (χ0) is 17.6. The molecule has 0 saturated carbocycles. The molecule has 0 atom stereocenters. The number of aryl methyl sites for hydroxylation is 3. The molecule has 0 unspecified atom stereocenters. The molecule has 0 spiro atoms. The minimum absolute atomic E-state index is 0.0490. The van der Waals surface area contributed by atoms with Gasteiger partial charge in [-0.2, -0.15) is 9.61 Å². The molecule has 25 heavy (non-hydrogen) atoms. The van der Waals surface area contributed by atoms with Crippen LogP contribution in [0.3, 0.4) is 0 Å². The van der Waals surface area contributed by atoms with Crippen molar-refractivity contribution >= 4 is 11.6 Å². The van der Waals surface area contributed by atoms with Crippen LogP contribution in [0.25, 0.3) is 5.65 Å². The molecule has 3 aromatic heterocycles. The third-order valence-corrected chi connectivity index (χ3v) is 4.84. The van der Waals surface area contributed by atoms with Gasteiger partial charge in [0.1, 0.15) is 11.5 Å². The Kier molecular flexibility index (Phi) is 3.78. The molecule has 1 amide bonds. The maximum Gasteiger partial charge on any atom is 0.257 e. The van der Waals surface area contributed by atoms with Crippen molar-refractivity contribution in [2.75, 3.05) is 13.1 Å². The highest BCUT2D eigenvalue weighted by atomic mass is 16.3. The number of likely N-dealkylation sites (tertiary alicyclic amines) is 1. The highest BCUT2D eigenvalue weighted by molar-refractivity contribution is 5.95. The van der Waals surface area contributed by atoms with Gasteiger partial charge in [0.2, 0.25) is 0 Å². The fraction of sp³-hybridized carbons (Fsp3) is 0.444. The summed E-state index contributed by atoms with van der Waals surface area (Å²) in [5, 5.41) is 13.1. The Hall–Kier alpha value is -2.70. The van der Waals surface area contributed by atoms with E-state index in [1.807, 2.05) is 48.4 Å². The van der Waals surface area contributed by atoms with Crippen molar-refractivity contribution in [2.45, 2.75) is 39.5 Å². The van der Waals surface area contributed by atoms with Crippen molar-refractivity contribution < 1.29 is 9.21 Å². The van der Waals surface area contributed by atoms with Gasteiger partial charge in [-0.25, -0.2) is 0 Å². The number of carbonyl (C=O) groups is 1. The van der Waals surface area contributed by atoms with Gasteiger partial charge in [0, 0.05) is 19.0 Å². The molecule has 7 nitrogen and oxygen atoms in total. The lowest BCUT2D eigenvalue weighted by molar-refractivity contribution is 0.0709. The summed E-state index contributed by atoms with van der Waals surface area (Å²) in [6.07, 6.45) is 1.72. The summed E-state index contributed by atoms with van der Waals surface area (Å²) in [7, 11) is 0. The number of aromatic nitrogens is 4. The second-order valence-corrected chi connectivity index (χ2v) is 6.70. The average Bonchev–Trinajstić information content (AvgIpc) is 3.16. The lowest BCUT2D eigenvalue weighted by Gasteiger charge is -2.31. The van der Waals surface area contributed by atoms with E-state index < -0.39 is 0 Å². The predicted molar refractivity (Wildman–Crippen MR) is 91.6 cm³/mol. The van der Waals surface area contributed by atoms with Gasteiger partial charge in [0.05, 0.1) is 11.3 Å². The molecule has 0 aromatic carbocycles. The van der Waals surface area contributed by atoms with Gasteiger partial charge in [-0.15, -0.1) is 10.2 Å². The quantitative estimate of drug-likeness (QED) is 0.717. The summed E-state index contributed by atoms with van der Waals surface area (Å²) in [6, 6.07) is 5.69. The molecule has 4 heterocycles. The van der Waals surface area contributed by atoms with Gasteiger partial charge >= 0.3 is 0 Å². The molecular formula is C18H21N5O2. The first-order chi connectivity index (χ1) is 12.0. The summed E-state index contributed by atoms with van der Waals surface area (Å²) in [5.74, 6) is 2.66. The summed E-state index contributed by atoms with van der Waals surface area (Å²) in [6.45, 7) is 7.06. The van der Waals surface area contributed by atoms with Crippen LogP contribution in [0.4, 0.5) is 0 Å². The van der Waals surface area contributed by atoms with Crippen LogP contribution in [0.2, 0.25) is 0 Å². The van der Waals surface area contributed by atoms with Crippen LogP contribution in [0.1, 0.15) is 52.2 Å². The first-order valence-electron chi connectivity index (χ1n) is 8.58. The molecule has 3 aromatic rings. The fourth-order valence-electron chi connectivity index (χ4n) is 3.51. The van der Waals surface area contributed by atoms with Crippen molar-refractivity contribution in [3.63, 3.8) is 0 Å². The first kappa shape index (κ1) is 15.8. The highest BCUT2D eigenvalue weighted by Crippen LogP contribution is 2.28. The van der Waals surface area contributed by atoms with E-state index in [1.54, 1.807) is 0 Å². The van der Waals surface area contributed by atoms with Crippen LogP contribution < -0.4 is 0 Å². The smallest absolute Gasteiger partial charge is 0.257 e. The number of nitrogens with zero attached hydrogens (tertiary/aromatic N) is 5. The molecule has 1 aliphatic rings. The molecule has 130 valence electrons. The van der Waals surface area contributed by atoms with E-state index in [2.05, 4.69) is 15.3 Å². The molecule has 0 aliphatic carbocycles. The Bertz CT molecular complexity index is 934. The molecule has 1 saturated heterocycles. The highest BCUT2D eigenvalue weighted by Gasteiger charge is 2.29. The summed E-state index contributed by atoms with van der Waals surface area (Å²) in [5.41, 5.74) is 2.37. The van der Waals surface area contributed by atoms with Crippen LogP contribution in [0, 0.1) is 20.8 Å². The lowest BCUT2D eigenvalue weighted by Crippen LogP contribution is -2.38. The van der Waals surface area contributed by atoms with Gasteiger partial charge in [-0.05, 0) is 51.8 Å². The molecule has 0 bridgehead atoms. The van der Waals surface area contributed by atoms with Gasteiger partial charge in [-0.3, -0.25) is 4.79 Å². The Morgan fingerprint density at radius 1 is 1.16 bits per heavy atom. The largest absolute Gasteiger partial charge is 0.466 e. The Balaban J connectivity index is 1.50. The Morgan fingerprint density at radius 2 is 1.92 bits per heavy atom. The molecule has 1 fully saturated rings. The fourth-order valence-corrected chi connectivity index (χ4v) is 3.51. The van der Waals surface area contributed by atoms with Crippen LogP contribution in [-0.2, 0) is 0 Å². The van der Waals surface area contributed by atoms with E-state index in [9.17, 15) is 4.79 Å². The minimum atomic E-state index is 0.0490. The zero-order valence-corrected chi connectivity index (χ0v) is 14.7. The minimum Gasteiger partial charge on any atom is -0.466 e. The number of furan rings is 1. The Labute approximate surface area is 145 Å². The number of fused-ring (bicyclic) bond motifs is 1. The summed E-state index contributed by atoms with van der Waals surface area (Å²) < 4.78 is 7.32. The van der Waals surface area contributed by atoms with Crippen molar-refractivity contribution in [3.8, 4) is 0 Å². The van der Waals surface area contributed by atoms with Gasteiger partial charge in [0.25, 0.3) is 5.91 Å². The summed E-state index contributed by atoms with van der Waals surface area (Å²) in [4.78, 5) is 14.6. The monoisotopic (exact) mass is 339 g/mol. The van der Waals surface area contributed by atoms with E-state index in [0.29, 0.717) is 24.4 Å². The van der Waals surface area contributed by atoms with E-state index in [4.69, 9.17) is 4.42 Å². The normalized spacial score (nSPS) is 15.9. The number of hydrogen-bond acceptors (Lipinski definition) is 5. The Morgan fingerprint density at radius 3 is 2.60 bits per heavy atom. The third-order valence-electron chi connectivity index (χ3n) is 4.84. The maximum absolute atomic E-state index is 12.7. The molecular weight excluding hydrogens is 318 g/mol. The van der Waals surface area contributed by atoms with E-state index >= 15 is 0 Å². The van der Waals surface area contributed by atoms with Crippen LogP contribution in [0.15, 0.2) is 22.6 Å². The number of hydrogen-bond donors (Lipinski definition) is 0. The van der Waals surface area contributed by atoms with E-state index in [-0.39, 0.29) is 11.8 Å². The van der Waals surface area contributed by atoms with Crippen LogP contribution in [0.5, 0.6) is 0 Å². The number of amides is 1. The lowest BCUT2D eigenvalue weighted by atomic mass is 9.95. The van der Waals surface area contributed by atoms with Gasteiger partial charge in [-0.1, -0.05) is 0 Å². The second-order valence-electron chi connectivity index (χ2n) is 6.70. The topological polar surface area (TPSA) is 76.5 Å². The molecule has 7 heteroatoms. The van der Waals surface area contributed by atoms with E-state index in [1.165, 1.54) is 0 Å². The molecule has 4 rings (SSSR count). The van der Waals surface area contributed by atoms with Crippen molar-refractivity contribution in [3.05, 3.63) is 46.8 Å².